The van der Waals surface area contributed by atoms with Crippen LogP contribution in [0.15, 0.2) is 42.5 Å². The van der Waals surface area contributed by atoms with Gasteiger partial charge in [0.2, 0.25) is 0 Å². The van der Waals surface area contributed by atoms with Gasteiger partial charge < -0.3 is 14.0 Å². The Morgan fingerprint density at radius 3 is 2.45 bits per heavy atom. The van der Waals surface area contributed by atoms with Crippen molar-refractivity contribution in [3.8, 4) is 17.0 Å². The number of fused-ring (bicyclic) bond motifs is 1. The van der Waals surface area contributed by atoms with Crippen molar-refractivity contribution in [1.82, 2.24) is 4.57 Å². The quantitative estimate of drug-likeness (QED) is 0.352. The molecule has 3 aromatic rings. The number of nitrogens with zero attached hydrogens (tertiary/aromatic N) is 1. The molecule has 4 rings (SSSR count). The molecule has 0 unspecified atom stereocenters. The molecule has 0 saturated heterocycles. The highest BCUT2D eigenvalue weighted by Gasteiger charge is 2.28. The molecule has 0 radical (unpaired) electrons. The van der Waals surface area contributed by atoms with Gasteiger partial charge in [-0.3, -0.25) is 15.6 Å². The van der Waals surface area contributed by atoms with E-state index < -0.39 is 6.09 Å². The minimum Gasteiger partial charge on any atom is -0.494 e. The number of carbonyl (C=O) groups excluding carboxylic acids is 1. The molecule has 0 aliphatic heterocycles. The Kier molecular flexibility index (Phi) is 7.08. The van der Waals surface area contributed by atoms with E-state index in [1.165, 1.54) is 6.42 Å². The van der Waals surface area contributed by atoms with Gasteiger partial charge in [-0.2, -0.15) is 0 Å². The Bertz CT molecular complexity index is 1100. The number of rotatable bonds is 9. The molecule has 7 nitrogen and oxygen atoms in total. The number of aromatic nitrogens is 1. The van der Waals surface area contributed by atoms with Gasteiger partial charge in [0.1, 0.15) is 5.75 Å². The number of nitrogens with one attached hydrogen (secondary N) is 2. The fraction of sp³-hybridized carbons (Fsp3) is 0.423. The van der Waals surface area contributed by atoms with Gasteiger partial charge in [-0.1, -0.05) is 12.1 Å². The van der Waals surface area contributed by atoms with E-state index in [1.54, 1.807) is 0 Å². The van der Waals surface area contributed by atoms with Gasteiger partial charge >= 0.3 is 6.09 Å². The molecule has 1 aliphatic rings. The van der Waals surface area contributed by atoms with E-state index in [4.69, 9.17) is 14.3 Å². The molecule has 1 aliphatic carbocycles. The highest BCUT2D eigenvalue weighted by molar-refractivity contribution is 6.02. The predicted octanol–water partition coefficient (Wildman–Crippen LogP) is 6.75. The lowest BCUT2D eigenvalue weighted by Gasteiger charge is -2.30. The molecule has 1 fully saturated rings. The fourth-order valence-corrected chi connectivity index (χ4v) is 4.18. The fourth-order valence-electron chi connectivity index (χ4n) is 4.18. The third-order valence-corrected chi connectivity index (χ3v) is 5.79. The zero-order valence-corrected chi connectivity index (χ0v) is 19.8. The predicted molar refractivity (Wildman–Crippen MR) is 132 cm³/mol. The molecule has 1 heterocycles. The van der Waals surface area contributed by atoms with Crippen LogP contribution in [0.25, 0.3) is 22.2 Å². The van der Waals surface area contributed by atoms with E-state index in [1.807, 2.05) is 58.0 Å². The molecule has 2 aromatic carbocycles. The lowest BCUT2D eigenvalue weighted by Crippen LogP contribution is -2.18. The number of ether oxygens (including phenoxy) is 2. The van der Waals surface area contributed by atoms with Crippen molar-refractivity contribution in [2.24, 2.45) is 0 Å². The van der Waals surface area contributed by atoms with E-state index in [9.17, 15) is 4.79 Å². The first-order valence-corrected chi connectivity index (χ1v) is 11.8. The second kappa shape index (κ2) is 10.2. The molecule has 1 saturated carbocycles. The second-order valence-electron chi connectivity index (χ2n) is 8.48. The van der Waals surface area contributed by atoms with Gasteiger partial charge in [-0.15, -0.1) is 0 Å². The maximum atomic E-state index is 12.0. The van der Waals surface area contributed by atoms with Crippen molar-refractivity contribution < 1.29 is 19.1 Å². The summed E-state index contributed by atoms with van der Waals surface area (Å²) in [6.07, 6.45) is 2.89. The second-order valence-corrected chi connectivity index (χ2v) is 8.48. The lowest BCUT2D eigenvalue weighted by atomic mass is 9.92. The van der Waals surface area contributed by atoms with Crippen molar-refractivity contribution in [1.29, 1.82) is 0 Å². The number of hydrogen-bond donors (Lipinski definition) is 2. The summed E-state index contributed by atoms with van der Waals surface area (Å²) >= 11 is 0. The molecule has 0 atom stereocenters. The monoisotopic (exact) mass is 451 g/mol. The normalized spacial score (nSPS) is 13.7. The Balaban J connectivity index is 1.78. The minimum absolute atomic E-state index is 0.170. The van der Waals surface area contributed by atoms with Crippen LogP contribution in [-0.4, -0.2) is 30.0 Å². The minimum atomic E-state index is -0.455. The standard InChI is InChI=1S/C26H33N3O4/c1-5-31-21-14-15-22-23(16-21)29(20-8-7-9-20)25(24(22)28-32-6-2)18-10-12-19(13-11-18)27-26(30)33-17(3)4/h10-17,20,28H,5-9H2,1-4H3,(H,27,30). The van der Waals surface area contributed by atoms with Crippen LogP contribution in [-0.2, 0) is 9.57 Å². The lowest BCUT2D eigenvalue weighted by molar-refractivity contribution is 0.130. The summed E-state index contributed by atoms with van der Waals surface area (Å²) < 4.78 is 13.4. The van der Waals surface area contributed by atoms with Crippen LogP contribution >= 0.6 is 0 Å². The Morgan fingerprint density at radius 2 is 1.85 bits per heavy atom. The number of benzene rings is 2. The maximum absolute atomic E-state index is 12.0. The van der Waals surface area contributed by atoms with E-state index >= 15 is 0 Å². The highest BCUT2D eigenvalue weighted by Crippen LogP contribution is 2.46. The maximum Gasteiger partial charge on any atom is 0.411 e. The topological polar surface area (TPSA) is 73.8 Å². The first kappa shape index (κ1) is 23.0. The number of amides is 1. The molecule has 176 valence electrons. The van der Waals surface area contributed by atoms with Crippen LogP contribution in [0.3, 0.4) is 0 Å². The molecule has 0 spiro atoms. The Hall–Kier alpha value is -3.19. The highest BCUT2D eigenvalue weighted by atomic mass is 16.6. The average Bonchev–Trinajstić information content (AvgIpc) is 3.04. The molecule has 1 aromatic heterocycles. The van der Waals surface area contributed by atoms with Crippen molar-refractivity contribution in [3.05, 3.63) is 42.5 Å². The summed E-state index contributed by atoms with van der Waals surface area (Å²) in [4.78, 5) is 17.6. The van der Waals surface area contributed by atoms with E-state index in [-0.39, 0.29) is 6.10 Å². The van der Waals surface area contributed by atoms with Gasteiger partial charge in [-0.25, -0.2) is 4.79 Å². The summed E-state index contributed by atoms with van der Waals surface area (Å²) in [6, 6.07) is 14.5. The summed E-state index contributed by atoms with van der Waals surface area (Å²) in [5, 5.41) is 3.88. The molecule has 7 heteroatoms. The van der Waals surface area contributed by atoms with E-state index in [2.05, 4.69) is 27.5 Å². The van der Waals surface area contributed by atoms with Crippen LogP contribution in [0.4, 0.5) is 16.2 Å². The van der Waals surface area contributed by atoms with Crippen LogP contribution < -0.4 is 15.5 Å². The first-order valence-electron chi connectivity index (χ1n) is 11.8. The van der Waals surface area contributed by atoms with Crippen LogP contribution in [0.1, 0.15) is 53.0 Å². The van der Waals surface area contributed by atoms with E-state index in [0.717, 1.165) is 46.4 Å². The van der Waals surface area contributed by atoms with Gasteiger partial charge in [0, 0.05) is 28.7 Å². The molecule has 1 amide bonds. The van der Waals surface area contributed by atoms with Crippen LogP contribution in [0.2, 0.25) is 0 Å². The van der Waals surface area contributed by atoms with Crippen molar-refractivity contribution in [3.63, 3.8) is 0 Å². The number of anilines is 2. The van der Waals surface area contributed by atoms with E-state index in [0.29, 0.717) is 24.9 Å². The summed E-state index contributed by atoms with van der Waals surface area (Å²) in [5.41, 5.74) is 8.08. The zero-order chi connectivity index (χ0) is 23.4. The van der Waals surface area contributed by atoms with Gasteiger partial charge in [-0.05, 0) is 71.2 Å². The third kappa shape index (κ3) is 4.93. The van der Waals surface area contributed by atoms with Crippen molar-refractivity contribution in [2.75, 3.05) is 24.0 Å². The molecule has 33 heavy (non-hydrogen) atoms. The van der Waals surface area contributed by atoms with Crippen molar-refractivity contribution >= 4 is 28.4 Å². The first-order chi connectivity index (χ1) is 16.0. The summed E-state index contributed by atoms with van der Waals surface area (Å²) in [5.74, 6) is 0.862. The molecule has 2 N–H and O–H groups in total. The summed E-state index contributed by atoms with van der Waals surface area (Å²) in [6.45, 7) is 8.78. The Labute approximate surface area is 195 Å². The number of carbonyl (C=O) groups is 1. The smallest absolute Gasteiger partial charge is 0.411 e. The average molecular weight is 452 g/mol. The largest absolute Gasteiger partial charge is 0.494 e. The zero-order valence-electron chi connectivity index (χ0n) is 19.8. The molecular weight excluding hydrogens is 418 g/mol. The molecule has 0 bridgehead atoms. The number of hydrogen-bond acceptors (Lipinski definition) is 5. The SMILES string of the molecule is CCONc1c(-c2ccc(NC(=O)OC(C)C)cc2)n(C2CCC2)c2cc(OCC)ccc12. The third-order valence-electron chi connectivity index (χ3n) is 5.79. The van der Waals surface area contributed by atoms with Crippen molar-refractivity contribution in [2.45, 2.75) is 59.1 Å². The van der Waals surface area contributed by atoms with Gasteiger partial charge in [0.05, 0.1) is 36.2 Å². The van der Waals surface area contributed by atoms with Crippen LogP contribution in [0.5, 0.6) is 5.75 Å². The molecular formula is C26H33N3O4. The van der Waals surface area contributed by atoms with Crippen LogP contribution in [0, 0.1) is 0 Å². The van der Waals surface area contributed by atoms with Gasteiger partial charge in [0.15, 0.2) is 0 Å². The Morgan fingerprint density at radius 1 is 1.09 bits per heavy atom. The summed E-state index contributed by atoms with van der Waals surface area (Å²) in [7, 11) is 0. The van der Waals surface area contributed by atoms with Gasteiger partial charge in [0.25, 0.3) is 0 Å².